The van der Waals surface area contributed by atoms with Gasteiger partial charge in [0.1, 0.15) is 6.54 Å². The Hall–Kier alpha value is -3.48. The maximum atomic E-state index is 12.5. The van der Waals surface area contributed by atoms with Crippen LogP contribution >= 0.6 is 0 Å². The van der Waals surface area contributed by atoms with Crippen molar-refractivity contribution in [2.45, 2.75) is 34.2 Å². The van der Waals surface area contributed by atoms with Crippen molar-refractivity contribution in [1.29, 1.82) is 0 Å². The molecule has 2 N–H and O–H groups in total. The third-order valence-electron chi connectivity index (χ3n) is 4.24. The van der Waals surface area contributed by atoms with E-state index in [0.717, 1.165) is 28.5 Å². The minimum absolute atomic E-state index is 0.0564. The van der Waals surface area contributed by atoms with Crippen LogP contribution in [0, 0.1) is 27.7 Å². The number of carbonyl (C=O) groups excluding carboxylic acids is 1. The van der Waals surface area contributed by atoms with Crippen molar-refractivity contribution in [1.82, 2.24) is 14.5 Å². The lowest BCUT2D eigenvalue weighted by Gasteiger charge is -2.14. The number of aromatic nitrogens is 3. The molecule has 3 rings (SSSR count). The van der Waals surface area contributed by atoms with Gasteiger partial charge in [-0.05, 0) is 52.0 Å². The molecule has 0 spiro atoms. The fourth-order valence-electron chi connectivity index (χ4n) is 3.07. The number of hydrogen-bond donors (Lipinski definition) is 2. The van der Waals surface area contributed by atoms with Crippen molar-refractivity contribution in [2.24, 2.45) is 0 Å². The summed E-state index contributed by atoms with van der Waals surface area (Å²) in [5.74, 6) is 0.343. The minimum Gasteiger partial charge on any atom is -0.340 e. The van der Waals surface area contributed by atoms with E-state index >= 15 is 0 Å². The Bertz CT molecular complexity index is 1040. The quantitative estimate of drug-likeness (QED) is 0.712. The average Bonchev–Trinajstić information content (AvgIpc) is 2.57. The van der Waals surface area contributed by atoms with Crippen molar-refractivity contribution in [3.05, 3.63) is 75.5 Å². The first-order chi connectivity index (χ1) is 13.3. The van der Waals surface area contributed by atoms with Gasteiger partial charge in [0.2, 0.25) is 11.9 Å². The lowest BCUT2D eigenvalue weighted by molar-refractivity contribution is -0.116. The van der Waals surface area contributed by atoms with Gasteiger partial charge >= 0.3 is 0 Å². The Morgan fingerprint density at radius 3 is 2.18 bits per heavy atom. The summed E-state index contributed by atoms with van der Waals surface area (Å²) in [6, 6.07) is 12.3. The van der Waals surface area contributed by atoms with Gasteiger partial charge in [0.25, 0.3) is 0 Å². The highest BCUT2D eigenvalue weighted by Gasteiger charge is 2.09. The van der Waals surface area contributed by atoms with Gasteiger partial charge in [-0.2, -0.15) is 0 Å². The highest BCUT2D eigenvalue weighted by Crippen LogP contribution is 2.19. The van der Waals surface area contributed by atoms with Crippen LogP contribution < -0.4 is 16.1 Å². The molecule has 0 aliphatic rings. The number of pyridine rings is 1. The second kappa shape index (κ2) is 8.04. The molecule has 0 aliphatic heterocycles. The second-order valence-electron chi connectivity index (χ2n) is 6.79. The SMILES string of the molecule is Cc1cc(C)nc(Nc2cccc(NC(=O)Cn3c(C)cc(=O)cc3C)c2)n1. The third-order valence-corrected chi connectivity index (χ3v) is 4.24. The van der Waals surface area contributed by atoms with Gasteiger partial charge in [0.15, 0.2) is 5.43 Å². The summed E-state index contributed by atoms with van der Waals surface area (Å²) < 4.78 is 1.81. The molecule has 7 nitrogen and oxygen atoms in total. The normalized spacial score (nSPS) is 10.6. The van der Waals surface area contributed by atoms with Crippen LogP contribution in [0.4, 0.5) is 17.3 Å². The molecule has 0 fully saturated rings. The molecule has 7 heteroatoms. The van der Waals surface area contributed by atoms with E-state index in [1.165, 1.54) is 12.1 Å². The van der Waals surface area contributed by atoms with E-state index in [2.05, 4.69) is 20.6 Å². The maximum Gasteiger partial charge on any atom is 0.244 e. The average molecular weight is 377 g/mol. The number of benzene rings is 1. The first-order valence-electron chi connectivity index (χ1n) is 8.97. The number of aryl methyl sites for hydroxylation is 4. The van der Waals surface area contributed by atoms with Gasteiger partial charge in [-0.3, -0.25) is 9.59 Å². The molecular weight excluding hydrogens is 354 g/mol. The third kappa shape index (κ3) is 4.82. The highest BCUT2D eigenvalue weighted by molar-refractivity contribution is 5.91. The fraction of sp³-hybridized carbons (Fsp3) is 0.238. The number of hydrogen-bond acceptors (Lipinski definition) is 5. The van der Waals surface area contributed by atoms with Gasteiger partial charge in [-0.1, -0.05) is 6.07 Å². The van der Waals surface area contributed by atoms with Crippen LogP contribution in [0.1, 0.15) is 22.8 Å². The Labute approximate surface area is 163 Å². The van der Waals surface area contributed by atoms with Gasteiger partial charge in [-0.25, -0.2) is 9.97 Å². The number of nitrogens with zero attached hydrogens (tertiary/aromatic N) is 3. The molecule has 0 saturated heterocycles. The summed E-state index contributed by atoms with van der Waals surface area (Å²) in [6.45, 7) is 7.59. The van der Waals surface area contributed by atoms with E-state index in [1.807, 2.05) is 62.6 Å². The van der Waals surface area contributed by atoms with Crippen LogP contribution in [-0.4, -0.2) is 20.4 Å². The van der Waals surface area contributed by atoms with E-state index < -0.39 is 0 Å². The van der Waals surface area contributed by atoms with Crippen LogP contribution in [0.3, 0.4) is 0 Å². The molecule has 1 aromatic carbocycles. The molecule has 0 bridgehead atoms. The van der Waals surface area contributed by atoms with Crippen molar-refractivity contribution < 1.29 is 4.79 Å². The fourth-order valence-corrected chi connectivity index (χ4v) is 3.07. The number of nitrogens with one attached hydrogen (secondary N) is 2. The Morgan fingerprint density at radius 1 is 0.929 bits per heavy atom. The van der Waals surface area contributed by atoms with E-state index in [1.54, 1.807) is 0 Å². The van der Waals surface area contributed by atoms with Gasteiger partial charge in [0.05, 0.1) is 0 Å². The van der Waals surface area contributed by atoms with Crippen LogP contribution in [0.25, 0.3) is 0 Å². The van der Waals surface area contributed by atoms with E-state index in [-0.39, 0.29) is 17.9 Å². The van der Waals surface area contributed by atoms with Crippen LogP contribution in [-0.2, 0) is 11.3 Å². The predicted molar refractivity (Wildman–Crippen MR) is 110 cm³/mol. The molecule has 2 heterocycles. The Balaban J connectivity index is 1.72. The van der Waals surface area contributed by atoms with Gasteiger partial charge < -0.3 is 15.2 Å². The molecule has 28 heavy (non-hydrogen) atoms. The first-order valence-corrected chi connectivity index (χ1v) is 8.97. The largest absolute Gasteiger partial charge is 0.340 e. The zero-order valence-electron chi connectivity index (χ0n) is 16.4. The van der Waals surface area contributed by atoms with Gasteiger partial charge in [-0.15, -0.1) is 0 Å². The summed E-state index contributed by atoms with van der Waals surface area (Å²) >= 11 is 0. The van der Waals surface area contributed by atoms with Crippen molar-refractivity contribution in [3.63, 3.8) is 0 Å². The first kappa shape index (κ1) is 19.3. The topological polar surface area (TPSA) is 88.9 Å². The Kier molecular flexibility index (Phi) is 5.54. The second-order valence-corrected chi connectivity index (χ2v) is 6.79. The smallest absolute Gasteiger partial charge is 0.244 e. The monoisotopic (exact) mass is 377 g/mol. The van der Waals surface area contributed by atoms with E-state index in [9.17, 15) is 9.59 Å². The summed E-state index contributed by atoms with van der Waals surface area (Å²) in [6.07, 6.45) is 0. The molecule has 144 valence electrons. The molecule has 0 radical (unpaired) electrons. The number of rotatable bonds is 5. The lowest BCUT2D eigenvalue weighted by atomic mass is 10.2. The zero-order chi connectivity index (χ0) is 20.3. The Morgan fingerprint density at radius 2 is 1.54 bits per heavy atom. The van der Waals surface area contributed by atoms with Crippen molar-refractivity contribution >= 4 is 23.2 Å². The van der Waals surface area contributed by atoms with Crippen LogP contribution in [0.15, 0.2) is 47.3 Å². The molecule has 3 aromatic rings. The minimum atomic E-state index is -0.172. The van der Waals surface area contributed by atoms with Crippen molar-refractivity contribution in [3.8, 4) is 0 Å². The predicted octanol–water partition coefficient (Wildman–Crippen LogP) is 3.25. The highest BCUT2D eigenvalue weighted by atomic mass is 16.2. The van der Waals surface area contributed by atoms with E-state index in [4.69, 9.17) is 0 Å². The van der Waals surface area contributed by atoms with E-state index in [0.29, 0.717) is 11.6 Å². The molecule has 0 atom stereocenters. The maximum absolute atomic E-state index is 12.5. The van der Waals surface area contributed by atoms with Gasteiger partial charge in [0, 0.05) is 46.3 Å². The zero-order valence-corrected chi connectivity index (χ0v) is 16.4. The number of carbonyl (C=O) groups is 1. The summed E-state index contributed by atoms with van der Waals surface area (Å²) in [7, 11) is 0. The number of anilines is 3. The van der Waals surface area contributed by atoms with Crippen molar-refractivity contribution in [2.75, 3.05) is 10.6 Å². The number of amides is 1. The molecule has 2 aromatic heterocycles. The molecule has 0 aliphatic carbocycles. The summed E-state index contributed by atoms with van der Waals surface area (Å²) in [5.41, 5.74) is 4.65. The molecule has 0 saturated carbocycles. The molecule has 1 amide bonds. The summed E-state index contributed by atoms with van der Waals surface area (Å²) in [5, 5.41) is 6.05. The lowest BCUT2D eigenvalue weighted by Crippen LogP contribution is -2.23. The van der Waals surface area contributed by atoms with Crippen LogP contribution in [0.5, 0.6) is 0 Å². The summed E-state index contributed by atoms with van der Waals surface area (Å²) in [4.78, 5) is 32.7. The molecule has 0 unspecified atom stereocenters. The molecular formula is C21H23N5O2. The standard InChI is InChI=1S/C21H23N5O2/c1-13-8-14(2)23-21(22-13)25-18-7-5-6-17(11-18)24-20(28)12-26-15(3)9-19(27)10-16(26)4/h5-11H,12H2,1-4H3,(H,24,28)(H,22,23,25). The van der Waals surface area contributed by atoms with Crippen LogP contribution in [0.2, 0.25) is 0 Å².